The van der Waals surface area contributed by atoms with Gasteiger partial charge in [0.15, 0.2) is 17.4 Å². The van der Waals surface area contributed by atoms with E-state index in [1.54, 1.807) is 0 Å². The van der Waals surface area contributed by atoms with E-state index < -0.39 is 33.8 Å². The average molecular weight is 210 g/mol. The third-order valence-electron chi connectivity index (χ3n) is 1.50. The van der Waals surface area contributed by atoms with Gasteiger partial charge in [0.05, 0.1) is 7.11 Å². The van der Waals surface area contributed by atoms with Crippen LogP contribution < -0.4 is 10.5 Å². The Kier molecular flexibility index (Phi) is 2.47. The summed E-state index contributed by atoms with van der Waals surface area (Å²) < 4.78 is 30.3. The molecule has 3 N–H and O–H groups in total. The predicted octanol–water partition coefficient (Wildman–Crippen LogP) is 1.91. The molecule has 0 aromatic heterocycles. The number of aromatic hydroxyl groups is 1. The van der Waals surface area contributed by atoms with Crippen molar-refractivity contribution in [2.45, 2.75) is 0 Å². The molecular weight excluding hydrogens is 204 g/mol. The van der Waals surface area contributed by atoms with Gasteiger partial charge in [-0.15, -0.1) is 0 Å². The number of phenolic OH excluding ortho intramolecular Hbond substituents is 1. The van der Waals surface area contributed by atoms with Crippen molar-refractivity contribution in [3.8, 4) is 11.5 Å². The second kappa shape index (κ2) is 3.26. The number of hydrogen-bond donors (Lipinski definition) is 2. The summed E-state index contributed by atoms with van der Waals surface area (Å²) in [7, 11) is 1.10. The molecule has 0 atom stereocenters. The van der Waals surface area contributed by atoms with Crippen LogP contribution in [0.25, 0.3) is 0 Å². The third-order valence-corrected chi connectivity index (χ3v) is 1.83. The van der Waals surface area contributed by atoms with Crippen LogP contribution in [0.1, 0.15) is 0 Å². The fraction of sp³-hybridized carbons (Fsp3) is 0.143. The van der Waals surface area contributed by atoms with Gasteiger partial charge < -0.3 is 15.6 Å². The molecule has 3 nitrogen and oxygen atoms in total. The van der Waals surface area contributed by atoms with Gasteiger partial charge >= 0.3 is 0 Å². The lowest BCUT2D eigenvalue weighted by Crippen LogP contribution is -1.99. The van der Waals surface area contributed by atoms with Crippen molar-refractivity contribution in [1.82, 2.24) is 0 Å². The van der Waals surface area contributed by atoms with E-state index >= 15 is 0 Å². The fourth-order valence-electron chi connectivity index (χ4n) is 0.831. The Balaban J connectivity index is 3.56. The van der Waals surface area contributed by atoms with Crippen LogP contribution in [0.5, 0.6) is 11.5 Å². The molecule has 13 heavy (non-hydrogen) atoms. The standard InChI is InChI=1S/C7H6ClF2NO2/c1-13-7-4(10)2(8)3(9)5(11)6(7)12/h12H,11H2,1H3. The third kappa shape index (κ3) is 1.35. The van der Waals surface area contributed by atoms with Crippen LogP contribution in [0.15, 0.2) is 0 Å². The molecule has 0 aliphatic heterocycles. The Morgan fingerprint density at radius 2 is 1.92 bits per heavy atom. The summed E-state index contributed by atoms with van der Waals surface area (Å²) in [6, 6.07) is 0. The summed E-state index contributed by atoms with van der Waals surface area (Å²) in [6.45, 7) is 0. The maximum Gasteiger partial charge on any atom is 0.200 e. The summed E-state index contributed by atoms with van der Waals surface area (Å²) in [6.07, 6.45) is 0. The van der Waals surface area contributed by atoms with Gasteiger partial charge in [0.25, 0.3) is 0 Å². The van der Waals surface area contributed by atoms with Crippen LogP contribution in [0.4, 0.5) is 14.5 Å². The molecule has 0 aliphatic carbocycles. The molecule has 1 aromatic rings. The molecule has 0 amide bonds. The highest BCUT2D eigenvalue weighted by Crippen LogP contribution is 2.41. The predicted molar refractivity (Wildman–Crippen MR) is 44.0 cm³/mol. The normalized spacial score (nSPS) is 10.2. The molecule has 0 fully saturated rings. The quantitative estimate of drug-likeness (QED) is 0.422. The maximum atomic E-state index is 13.0. The van der Waals surface area contributed by atoms with E-state index in [1.165, 1.54) is 0 Å². The SMILES string of the molecule is COc1c(O)c(N)c(F)c(Cl)c1F. The number of hydrogen-bond acceptors (Lipinski definition) is 3. The van der Waals surface area contributed by atoms with Gasteiger partial charge in [0, 0.05) is 0 Å². The lowest BCUT2D eigenvalue weighted by atomic mass is 10.2. The number of phenols is 1. The average Bonchev–Trinajstić information content (AvgIpc) is 2.13. The van der Waals surface area contributed by atoms with E-state index in [1.807, 2.05) is 0 Å². The first-order valence-electron chi connectivity index (χ1n) is 3.19. The molecule has 0 saturated carbocycles. The van der Waals surface area contributed by atoms with Gasteiger partial charge in [-0.1, -0.05) is 11.6 Å². The minimum atomic E-state index is -1.20. The van der Waals surface area contributed by atoms with Crippen molar-refractivity contribution >= 4 is 17.3 Å². The number of methoxy groups -OCH3 is 1. The molecule has 0 spiro atoms. The highest BCUT2D eigenvalue weighted by atomic mass is 35.5. The zero-order chi connectivity index (χ0) is 10.2. The molecule has 0 bridgehead atoms. The number of nitrogens with two attached hydrogens (primary N) is 1. The van der Waals surface area contributed by atoms with Crippen molar-refractivity contribution in [3.05, 3.63) is 16.7 Å². The number of halogens is 3. The highest BCUT2D eigenvalue weighted by molar-refractivity contribution is 6.31. The van der Waals surface area contributed by atoms with Crippen molar-refractivity contribution in [2.24, 2.45) is 0 Å². The molecule has 0 radical (unpaired) electrons. The van der Waals surface area contributed by atoms with Gasteiger partial charge in [-0.25, -0.2) is 8.78 Å². The van der Waals surface area contributed by atoms with E-state index in [9.17, 15) is 8.78 Å². The largest absolute Gasteiger partial charge is 0.503 e. The van der Waals surface area contributed by atoms with E-state index in [0.29, 0.717) is 0 Å². The van der Waals surface area contributed by atoms with Gasteiger partial charge in [-0.05, 0) is 0 Å². The minimum absolute atomic E-state index is 0.566. The summed E-state index contributed by atoms with van der Waals surface area (Å²) in [5, 5.41) is 8.30. The lowest BCUT2D eigenvalue weighted by molar-refractivity contribution is 0.349. The summed E-state index contributed by atoms with van der Waals surface area (Å²) >= 11 is 5.22. The maximum absolute atomic E-state index is 13.0. The van der Waals surface area contributed by atoms with Crippen molar-refractivity contribution in [1.29, 1.82) is 0 Å². The number of nitrogen functional groups attached to an aromatic ring is 1. The molecule has 1 aromatic carbocycles. The Hall–Kier alpha value is -1.23. The molecule has 0 heterocycles. The van der Waals surface area contributed by atoms with Crippen LogP contribution in [-0.2, 0) is 0 Å². The van der Waals surface area contributed by atoms with E-state index in [0.717, 1.165) is 7.11 Å². The van der Waals surface area contributed by atoms with Crippen molar-refractivity contribution in [2.75, 3.05) is 12.8 Å². The lowest BCUT2D eigenvalue weighted by Gasteiger charge is -2.09. The van der Waals surface area contributed by atoms with Crippen LogP contribution in [0.2, 0.25) is 5.02 Å². The Bertz CT molecular complexity index is 328. The number of rotatable bonds is 1. The van der Waals surface area contributed by atoms with Crippen LogP contribution in [-0.4, -0.2) is 12.2 Å². The minimum Gasteiger partial charge on any atom is -0.503 e. The fourth-order valence-corrected chi connectivity index (χ4v) is 1.02. The molecule has 6 heteroatoms. The van der Waals surface area contributed by atoms with Gasteiger partial charge in [-0.2, -0.15) is 0 Å². The van der Waals surface area contributed by atoms with E-state index in [2.05, 4.69) is 4.74 Å². The van der Waals surface area contributed by atoms with Crippen LogP contribution in [0, 0.1) is 11.6 Å². The summed E-state index contributed by atoms with van der Waals surface area (Å²) in [5.41, 5.74) is 4.44. The molecule has 0 saturated heterocycles. The molecule has 0 aliphatic rings. The monoisotopic (exact) mass is 209 g/mol. The molecule has 0 unspecified atom stereocenters. The second-order valence-corrected chi connectivity index (χ2v) is 2.62. The number of benzene rings is 1. The Morgan fingerprint density at radius 3 is 2.38 bits per heavy atom. The molecule has 72 valence electrons. The van der Waals surface area contributed by atoms with Gasteiger partial charge in [0.2, 0.25) is 5.75 Å². The number of anilines is 1. The van der Waals surface area contributed by atoms with E-state index in [-0.39, 0.29) is 0 Å². The highest BCUT2D eigenvalue weighted by Gasteiger charge is 2.22. The summed E-state index contributed by atoms with van der Waals surface area (Å²) in [4.78, 5) is 0. The first-order chi connectivity index (χ1) is 6.00. The van der Waals surface area contributed by atoms with Gasteiger partial charge in [0.1, 0.15) is 10.7 Å². The molecule has 1 rings (SSSR count). The number of ether oxygens (including phenoxy) is 1. The smallest absolute Gasteiger partial charge is 0.200 e. The van der Waals surface area contributed by atoms with Crippen LogP contribution in [0.3, 0.4) is 0 Å². The Morgan fingerprint density at radius 1 is 1.38 bits per heavy atom. The second-order valence-electron chi connectivity index (χ2n) is 2.24. The summed E-state index contributed by atoms with van der Waals surface area (Å²) in [5.74, 6) is -3.73. The van der Waals surface area contributed by atoms with Crippen LogP contribution >= 0.6 is 11.6 Å². The zero-order valence-electron chi connectivity index (χ0n) is 6.57. The van der Waals surface area contributed by atoms with Crippen molar-refractivity contribution < 1.29 is 18.6 Å². The topological polar surface area (TPSA) is 55.5 Å². The Labute approximate surface area is 77.7 Å². The van der Waals surface area contributed by atoms with Gasteiger partial charge in [-0.3, -0.25) is 0 Å². The first kappa shape index (κ1) is 9.85. The van der Waals surface area contributed by atoms with Crippen molar-refractivity contribution in [3.63, 3.8) is 0 Å². The molecular formula is C7H6ClF2NO2. The zero-order valence-corrected chi connectivity index (χ0v) is 7.32. The first-order valence-corrected chi connectivity index (χ1v) is 3.57. The van der Waals surface area contributed by atoms with E-state index in [4.69, 9.17) is 22.4 Å².